The Hall–Kier alpha value is -2.37. The first kappa shape index (κ1) is 19.0. The number of hydrogen-bond acceptors (Lipinski definition) is 4. The molecule has 0 unspecified atom stereocenters. The van der Waals surface area contributed by atoms with Gasteiger partial charge < -0.3 is 14.8 Å². The zero-order valence-electron chi connectivity index (χ0n) is 15.0. The number of nitrogens with zero attached hydrogens (tertiary/aromatic N) is 1. The van der Waals surface area contributed by atoms with Crippen LogP contribution in [-0.4, -0.2) is 47.4 Å². The van der Waals surface area contributed by atoms with Crippen LogP contribution in [-0.2, 0) is 20.7 Å². The van der Waals surface area contributed by atoms with Crippen molar-refractivity contribution in [2.24, 2.45) is 0 Å². The maximum atomic E-state index is 12.6. The Bertz CT molecular complexity index is 610. The number of rotatable bonds is 5. The van der Waals surface area contributed by atoms with E-state index in [-0.39, 0.29) is 5.91 Å². The topological polar surface area (TPSA) is 75.7 Å². The second-order valence-corrected chi connectivity index (χ2v) is 7.27. The molecular formula is C19H26N2O4. The fraction of sp³-hybridized carbons (Fsp3) is 0.526. The number of amides is 2. The summed E-state index contributed by atoms with van der Waals surface area (Å²) in [5, 5.41) is 2.75. The molecule has 136 valence electrons. The van der Waals surface area contributed by atoms with Crippen LogP contribution >= 0.6 is 0 Å². The van der Waals surface area contributed by atoms with Crippen LogP contribution in [0.25, 0.3) is 0 Å². The van der Waals surface area contributed by atoms with E-state index in [1.54, 1.807) is 20.8 Å². The van der Waals surface area contributed by atoms with Gasteiger partial charge in [0.25, 0.3) is 0 Å². The molecule has 0 saturated carbocycles. The lowest BCUT2D eigenvalue weighted by molar-refractivity contribution is -0.127. The molecule has 0 spiro atoms. The first-order valence-electron chi connectivity index (χ1n) is 8.59. The third kappa shape index (κ3) is 5.59. The van der Waals surface area contributed by atoms with Crippen molar-refractivity contribution in [1.82, 2.24) is 10.2 Å². The zero-order valence-corrected chi connectivity index (χ0v) is 15.0. The van der Waals surface area contributed by atoms with Crippen LogP contribution in [0.2, 0.25) is 0 Å². The van der Waals surface area contributed by atoms with Gasteiger partial charge in [-0.25, -0.2) is 4.79 Å². The summed E-state index contributed by atoms with van der Waals surface area (Å²) in [5.74, 6) is -0.309. The minimum atomic E-state index is -0.615. The number of ether oxygens (including phenoxy) is 1. The summed E-state index contributed by atoms with van der Waals surface area (Å²) >= 11 is 0. The van der Waals surface area contributed by atoms with Gasteiger partial charge in [0.05, 0.1) is 6.04 Å². The number of hydrogen-bond donors (Lipinski definition) is 1. The number of aldehydes is 1. The molecule has 1 N–H and O–H groups in total. The Morgan fingerprint density at radius 1 is 1.32 bits per heavy atom. The van der Waals surface area contributed by atoms with E-state index in [1.165, 1.54) is 4.90 Å². The lowest BCUT2D eigenvalue weighted by Crippen LogP contribution is -2.50. The molecule has 0 radical (unpaired) electrons. The fourth-order valence-electron chi connectivity index (χ4n) is 2.86. The van der Waals surface area contributed by atoms with Crippen molar-refractivity contribution in [2.45, 2.75) is 57.7 Å². The molecule has 1 aromatic carbocycles. The minimum Gasteiger partial charge on any atom is -0.444 e. The highest BCUT2D eigenvalue weighted by Gasteiger charge is 2.37. The predicted octanol–water partition coefficient (Wildman–Crippen LogP) is 2.31. The summed E-state index contributed by atoms with van der Waals surface area (Å²) in [7, 11) is 0. The molecule has 2 amide bonds. The Kier molecular flexibility index (Phi) is 6.17. The third-order valence-corrected chi connectivity index (χ3v) is 3.97. The first-order chi connectivity index (χ1) is 11.8. The third-order valence-electron chi connectivity index (χ3n) is 3.97. The summed E-state index contributed by atoms with van der Waals surface area (Å²) in [6.45, 7) is 5.85. The van der Waals surface area contributed by atoms with E-state index in [2.05, 4.69) is 5.32 Å². The standard InChI is InChI=1S/C19H26N2O4/c1-19(2,3)25-18(24)21-11-7-10-16(21)17(23)20-15(13-22)12-14-8-5-4-6-9-14/h4-6,8-9,13,15-16H,7,10-12H2,1-3H3,(H,20,23)/t15-,16-/m0/s1. The van der Waals surface area contributed by atoms with Crippen LogP contribution < -0.4 is 5.32 Å². The largest absolute Gasteiger partial charge is 0.444 e. The number of carbonyl (C=O) groups excluding carboxylic acids is 3. The molecule has 0 aromatic heterocycles. The molecule has 0 bridgehead atoms. The van der Waals surface area contributed by atoms with Gasteiger partial charge in [0.15, 0.2) is 0 Å². The quantitative estimate of drug-likeness (QED) is 0.830. The molecule has 6 heteroatoms. The minimum absolute atomic E-state index is 0.309. The second-order valence-electron chi connectivity index (χ2n) is 7.27. The number of carbonyl (C=O) groups is 3. The molecule has 1 aromatic rings. The van der Waals surface area contributed by atoms with Crippen molar-refractivity contribution < 1.29 is 19.1 Å². The SMILES string of the molecule is CC(C)(C)OC(=O)N1CCC[C@H]1C(=O)N[C@H](C=O)Cc1ccccc1. The fourth-order valence-corrected chi connectivity index (χ4v) is 2.86. The summed E-state index contributed by atoms with van der Waals surface area (Å²) in [4.78, 5) is 37.6. The molecule has 0 aliphatic carbocycles. The second kappa shape index (κ2) is 8.14. The maximum Gasteiger partial charge on any atom is 0.410 e. The van der Waals surface area contributed by atoms with E-state index in [0.29, 0.717) is 19.4 Å². The van der Waals surface area contributed by atoms with Crippen LogP contribution in [0, 0.1) is 0 Å². The van der Waals surface area contributed by atoms with Crippen molar-refractivity contribution in [3.8, 4) is 0 Å². The van der Waals surface area contributed by atoms with Gasteiger partial charge in [-0.1, -0.05) is 30.3 Å². The van der Waals surface area contributed by atoms with Crippen molar-refractivity contribution >= 4 is 18.3 Å². The van der Waals surface area contributed by atoms with Crippen LogP contribution in [0.1, 0.15) is 39.2 Å². The maximum absolute atomic E-state index is 12.6. The van der Waals surface area contributed by atoms with Crippen molar-refractivity contribution in [3.05, 3.63) is 35.9 Å². The van der Waals surface area contributed by atoms with E-state index < -0.39 is 23.8 Å². The van der Waals surface area contributed by atoms with E-state index in [1.807, 2.05) is 30.3 Å². The Labute approximate surface area is 148 Å². The average molecular weight is 346 g/mol. The van der Waals surface area contributed by atoms with Crippen molar-refractivity contribution in [3.63, 3.8) is 0 Å². The molecular weight excluding hydrogens is 320 g/mol. The lowest BCUT2D eigenvalue weighted by Gasteiger charge is -2.28. The predicted molar refractivity (Wildman–Crippen MR) is 94.1 cm³/mol. The highest BCUT2D eigenvalue weighted by molar-refractivity contribution is 5.88. The van der Waals surface area contributed by atoms with E-state index >= 15 is 0 Å². The van der Waals surface area contributed by atoms with Gasteiger partial charge >= 0.3 is 6.09 Å². The normalized spacial score (nSPS) is 18.5. The lowest BCUT2D eigenvalue weighted by atomic mass is 10.1. The smallest absolute Gasteiger partial charge is 0.410 e. The molecule has 6 nitrogen and oxygen atoms in total. The molecule has 1 aliphatic rings. The summed E-state index contributed by atoms with van der Waals surface area (Å²) in [6.07, 6.45) is 1.98. The van der Waals surface area contributed by atoms with Crippen LogP contribution in [0.15, 0.2) is 30.3 Å². The highest BCUT2D eigenvalue weighted by atomic mass is 16.6. The summed E-state index contributed by atoms with van der Waals surface area (Å²) < 4.78 is 5.37. The van der Waals surface area contributed by atoms with E-state index in [4.69, 9.17) is 4.74 Å². The molecule has 2 atom stereocenters. The molecule has 1 saturated heterocycles. The van der Waals surface area contributed by atoms with Gasteiger partial charge in [0.2, 0.25) is 5.91 Å². The van der Waals surface area contributed by atoms with Crippen LogP contribution in [0.5, 0.6) is 0 Å². The number of nitrogens with one attached hydrogen (secondary N) is 1. The molecule has 1 aliphatic heterocycles. The van der Waals surface area contributed by atoms with Gasteiger partial charge in [-0.3, -0.25) is 9.69 Å². The number of benzene rings is 1. The van der Waals surface area contributed by atoms with Gasteiger partial charge in [-0.05, 0) is 45.6 Å². The van der Waals surface area contributed by atoms with Gasteiger partial charge in [0.1, 0.15) is 17.9 Å². The molecule has 1 fully saturated rings. The molecule has 2 rings (SSSR count). The van der Waals surface area contributed by atoms with Gasteiger partial charge in [0, 0.05) is 6.54 Å². The summed E-state index contributed by atoms with van der Waals surface area (Å²) in [6, 6.07) is 8.29. The van der Waals surface area contributed by atoms with E-state index in [9.17, 15) is 14.4 Å². The van der Waals surface area contributed by atoms with Crippen LogP contribution in [0.4, 0.5) is 4.79 Å². The van der Waals surface area contributed by atoms with Crippen molar-refractivity contribution in [1.29, 1.82) is 0 Å². The Morgan fingerprint density at radius 3 is 2.60 bits per heavy atom. The summed E-state index contributed by atoms with van der Waals surface area (Å²) in [5.41, 5.74) is 0.356. The molecule has 25 heavy (non-hydrogen) atoms. The average Bonchev–Trinajstić information content (AvgIpc) is 3.03. The first-order valence-corrected chi connectivity index (χ1v) is 8.59. The highest BCUT2D eigenvalue weighted by Crippen LogP contribution is 2.21. The molecule has 1 heterocycles. The zero-order chi connectivity index (χ0) is 18.4. The number of likely N-dealkylation sites (tertiary alicyclic amines) is 1. The van der Waals surface area contributed by atoms with Crippen molar-refractivity contribution in [2.75, 3.05) is 6.54 Å². The Balaban J connectivity index is 1.98. The van der Waals surface area contributed by atoms with Gasteiger partial charge in [-0.2, -0.15) is 0 Å². The van der Waals surface area contributed by atoms with Crippen LogP contribution in [0.3, 0.4) is 0 Å². The van der Waals surface area contributed by atoms with E-state index in [0.717, 1.165) is 18.3 Å². The Morgan fingerprint density at radius 2 is 2.00 bits per heavy atom. The monoisotopic (exact) mass is 346 g/mol. The van der Waals surface area contributed by atoms with Gasteiger partial charge in [-0.15, -0.1) is 0 Å².